The molecule has 9 nitrogen and oxygen atoms in total. The monoisotopic (exact) mass is 551 g/mol. The lowest BCUT2D eigenvalue weighted by atomic mass is 10.1. The number of hydrogen-bond acceptors (Lipinski definition) is 7. The molecule has 0 aromatic rings. The molecule has 31 heavy (non-hydrogen) atoms. The minimum Gasteiger partial charge on any atom is -0.444 e. The van der Waals surface area contributed by atoms with Gasteiger partial charge in [-0.25, -0.2) is 9.59 Å². The maximum atomic E-state index is 12.4. The van der Waals surface area contributed by atoms with Gasteiger partial charge in [0.25, 0.3) is 0 Å². The zero-order chi connectivity index (χ0) is 22.1. The van der Waals surface area contributed by atoms with Crippen LogP contribution in [0, 0.1) is 5.92 Å². The van der Waals surface area contributed by atoms with Gasteiger partial charge in [0, 0.05) is 26.2 Å². The van der Waals surface area contributed by atoms with Crippen molar-refractivity contribution in [2.45, 2.75) is 77.7 Å². The molecule has 3 aliphatic rings. The number of halogens is 1. The summed E-state index contributed by atoms with van der Waals surface area (Å²) in [6.45, 7) is 14.4. The summed E-state index contributed by atoms with van der Waals surface area (Å²) in [5, 5.41) is 6.43. The van der Waals surface area contributed by atoms with Gasteiger partial charge in [0.05, 0.1) is 18.6 Å². The van der Waals surface area contributed by atoms with Crippen LogP contribution in [0.4, 0.5) is 9.59 Å². The third-order valence-corrected chi connectivity index (χ3v) is 5.23. The van der Waals surface area contributed by atoms with Gasteiger partial charge < -0.3 is 29.9 Å². The molecule has 2 N–H and O–H groups in total. The maximum Gasteiger partial charge on any atom is 0.410 e. The number of carbonyl (C=O) groups is 2. The first-order valence-corrected chi connectivity index (χ1v) is 10.9. The van der Waals surface area contributed by atoms with Crippen molar-refractivity contribution >= 4 is 42.1 Å². The highest BCUT2D eigenvalue weighted by molar-refractivity contribution is 14.0. The summed E-state index contributed by atoms with van der Waals surface area (Å²) < 4.78 is 10.9. The van der Waals surface area contributed by atoms with Gasteiger partial charge in [-0.2, -0.15) is 0 Å². The molecule has 1 aliphatic carbocycles. The van der Waals surface area contributed by atoms with Crippen molar-refractivity contribution in [1.82, 2.24) is 20.4 Å². The van der Waals surface area contributed by atoms with Crippen molar-refractivity contribution in [2.75, 3.05) is 32.7 Å². The van der Waals surface area contributed by atoms with E-state index in [9.17, 15) is 9.59 Å². The Kier molecular flexibility index (Phi) is 8.32. The molecule has 0 bridgehead atoms. The fourth-order valence-electron chi connectivity index (χ4n) is 3.72. The summed E-state index contributed by atoms with van der Waals surface area (Å²) in [6.07, 6.45) is 1.59. The molecule has 2 fully saturated rings. The van der Waals surface area contributed by atoms with Crippen LogP contribution >= 0.6 is 24.0 Å². The zero-order valence-electron chi connectivity index (χ0n) is 19.6. The third-order valence-electron chi connectivity index (χ3n) is 5.23. The van der Waals surface area contributed by atoms with E-state index >= 15 is 0 Å². The fourth-order valence-corrected chi connectivity index (χ4v) is 3.72. The quantitative estimate of drug-likeness (QED) is 0.522. The number of alkyl carbamates (subject to hydrolysis) is 1. The predicted molar refractivity (Wildman–Crippen MR) is 130 cm³/mol. The Hall–Kier alpha value is -1.46. The normalized spacial score (nSPS) is 22.0. The SMILES string of the molecule is CC(C)(C)OC(=O)NC(CNC1=NCC2CN(C(=O)OC(C)(C)C)CCN12)C1CC1.I. The minimum absolute atomic E-state index is 0. The number of nitrogens with one attached hydrogen (secondary N) is 2. The van der Waals surface area contributed by atoms with Crippen LogP contribution in [0.1, 0.15) is 54.4 Å². The van der Waals surface area contributed by atoms with E-state index in [1.54, 1.807) is 4.90 Å². The molecule has 0 spiro atoms. The predicted octanol–water partition coefficient (Wildman–Crippen LogP) is 2.79. The minimum atomic E-state index is -0.512. The molecule has 2 heterocycles. The topological polar surface area (TPSA) is 95.5 Å². The lowest BCUT2D eigenvalue weighted by Gasteiger charge is -2.39. The highest BCUT2D eigenvalue weighted by atomic mass is 127. The number of nitrogens with zero attached hydrogens (tertiary/aromatic N) is 3. The van der Waals surface area contributed by atoms with Crippen LogP contribution in [0.25, 0.3) is 0 Å². The van der Waals surface area contributed by atoms with Crippen LogP contribution in [0.5, 0.6) is 0 Å². The number of aliphatic imine (C=N–C) groups is 1. The largest absolute Gasteiger partial charge is 0.444 e. The first-order valence-electron chi connectivity index (χ1n) is 10.9. The average molecular weight is 551 g/mol. The van der Waals surface area contributed by atoms with Crippen LogP contribution in [-0.4, -0.2) is 84.0 Å². The second-order valence-corrected chi connectivity index (χ2v) is 10.4. The van der Waals surface area contributed by atoms with Gasteiger partial charge >= 0.3 is 12.2 Å². The van der Waals surface area contributed by atoms with E-state index in [0.29, 0.717) is 38.6 Å². The van der Waals surface area contributed by atoms with Crippen molar-refractivity contribution in [3.63, 3.8) is 0 Å². The molecule has 3 rings (SSSR count). The second kappa shape index (κ2) is 9.99. The van der Waals surface area contributed by atoms with Crippen molar-refractivity contribution in [3.05, 3.63) is 0 Å². The Morgan fingerprint density at radius 2 is 1.74 bits per heavy atom. The summed E-state index contributed by atoms with van der Waals surface area (Å²) in [5.41, 5.74) is -1.01. The molecule has 10 heteroatoms. The summed E-state index contributed by atoms with van der Waals surface area (Å²) in [5.74, 6) is 1.33. The van der Waals surface area contributed by atoms with Crippen LogP contribution in [0.3, 0.4) is 0 Å². The lowest BCUT2D eigenvalue weighted by molar-refractivity contribution is 0.0137. The van der Waals surface area contributed by atoms with Gasteiger partial charge in [-0.1, -0.05) is 0 Å². The van der Waals surface area contributed by atoms with E-state index in [0.717, 1.165) is 18.8 Å². The van der Waals surface area contributed by atoms with Crippen molar-refractivity contribution in [3.8, 4) is 0 Å². The molecule has 2 unspecified atom stereocenters. The van der Waals surface area contributed by atoms with Gasteiger partial charge in [-0.05, 0) is 60.3 Å². The van der Waals surface area contributed by atoms with E-state index in [1.165, 1.54) is 0 Å². The summed E-state index contributed by atoms with van der Waals surface area (Å²) in [7, 11) is 0. The van der Waals surface area contributed by atoms with Crippen molar-refractivity contribution in [2.24, 2.45) is 10.9 Å². The molecular formula is C21H38IN5O4. The van der Waals surface area contributed by atoms with E-state index < -0.39 is 11.2 Å². The van der Waals surface area contributed by atoms with Gasteiger partial charge in [0.2, 0.25) is 0 Å². The van der Waals surface area contributed by atoms with Crippen molar-refractivity contribution < 1.29 is 19.1 Å². The molecular weight excluding hydrogens is 513 g/mol. The number of guanidine groups is 1. The number of amides is 2. The molecule has 1 saturated carbocycles. The van der Waals surface area contributed by atoms with E-state index in [1.807, 2.05) is 41.5 Å². The number of fused-ring (bicyclic) bond motifs is 1. The van der Waals surface area contributed by atoms with E-state index in [-0.39, 0.29) is 48.2 Å². The highest BCUT2D eigenvalue weighted by Gasteiger charge is 2.38. The zero-order valence-corrected chi connectivity index (χ0v) is 21.9. The average Bonchev–Trinajstić information content (AvgIpc) is 3.36. The number of carbonyl (C=O) groups excluding carboxylic acids is 2. The molecule has 0 aromatic heterocycles. The lowest BCUT2D eigenvalue weighted by Crippen LogP contribution is -2.58. The standard InChI is InChI=1S/C21H37N5O4.HI/c1-20(2,3)29-18(27)24-16(14-7-8-14)12-23-17-22-11-15-13-25(9-10-26(15)17)19(28)30-21(4,5)6;/h14-16H,7-13H2,1-6H3,(H,22,23)(H,24,27);1H. The summed E-state index contributed by atoms with van der Waals surface area (Å²) in [6, 6.07) is 0.177. The summed E-state index contributed by atoms with van der Waals surface area (Å²) in [4.78, 5) is 33.2. The number of piperazine rings is 1. The van der Waals surface area contributed by atoms with Crippen LogP contribution in [0.2, 0.25) is 0 Å². The smallest absolute Gasteiger partial charge is 0.410 e. The van der Waals surface area contributed by atoms with Gasteiger partial charge in [0.15, 0.2) is 5.96 Å². The highest BCUT2D eigenvalue weighted by Crippen LogP contribution is 2.32. The van der Waals surface area contributed by atoms with Gasteiger partial charge in [-0.3, -0.25) is 4.99 Å². The van der Waals surface area contributed by atoms with Gasteiger partial charge in [-0.15, -0.1) is 24.0 Å². The molecule has 2 atom stereocenters. The molecule has 178 valence electrons. The molecule has 1 saturated heterocycles. The van der Waals surface area contributed by atoms with Crippen LogP contribution in [-0.2, 0) is 9.47 Å². The van der Waals surface area contributed by atoms with Gasteiger partial charge in [0.1, 0.15) is 11.2 Å². The first-order chi connectivity index (χ1) is 13.9. The third kappa shape index (κ3) is 7.87. The molecule has 2 amide bonds. The number of hydrogen-bond donors (Lipinski definition) is 2. The molecule has 0 aromatic carbocycles. The maximum absolute atomic E-state index is 12.4. The number of rotatable bonds is 4. The van der Waals surface area contributed by atoms with E-state index in [2.05, 4.69) is 20.5 Å². The van der Waals surface area contributed by atoms with Crippen LogP contribution < -0.4 is 10.6 Å². The summed E-state index contributed by atoms with van der Waals surface area (Å²) >= 11 is 0. The fraction of sp³-hybridized carbons (Fsp3) is 0.857. The van der Waals surface area contributed by atoms with E-state index in [4.69, 9.17) is 9.47 Å². The Bertz CT molecular complexity index is 684. The number of ether oxygens (including phenoxy) is 2. The Morgan fingerprint density at radius 3 is 2.32 bits per heavy atom. The Morgan fingerprint density at radius 1 is 1.10 bits per heavy atom. The second-order valence-electron chi connectivity index (χ2n) is 10.4. The Labute approximate surface area is 202 Å². The van der Waals surface area contributed by atoms with Crippen molar-refractivity contribution in [1.29, 1.82) is 0 Å². The Balaban J connectivity index is 0.00000341. The first kappa shape index (κ1) is 25.8. The van der Waals surface area contributed by atoms with Crippen LogP contribution in [0.15, 0.2) is 4.99 Å². The molecule has 2 aliphatic heterocycles. The molecule has 0 radical (unpaired) electrons.